The zero-order valence-electron chi connectivity index (χ0n) is 11.0. The Morgan fingerprint density at radius 1 is 1.47 bits per heavy atom. The molecule has 1 aliphatic carbocycles. The fourth-order valence-electron chi connectivity index (χ4n) is 2.59. The first-order chi connectivity index (χ1) is 9.16. The summed E-state index contributed by atoms with van der Waals surface area (Å²) in [6, 6.07) is 2.55. The summed E-state index contributed by atoms with van der Waals surface area (Å²) < 4.78 is 0. The third-order valence-electron chi connectivity index (χ3n) is 3.68. The second kappa shape index (κ2) is 6.52. The van der Waals surface area contributed by atoms with E-state index in [1.165, 1.54) is 31.5 Å². The van der Waals surface area contributed by atoms with Crippen molar-refractivity contribution in [3.63, 3.8) is 0 Å². The van der Waals surface area contributed by atoms with Crippen molar-refractivity contribution in [3.05, 3.63) is 18.3 Å². The molecule has 0 saturated heterocycles. The van der Waals surface area contributed by atoms with Gasteiger partial charge in [0.05, 0.1) is 6.04 Å². The van der Waals surface area contributed by atoms with Crippen molar-refractivity contribution in [2.75, 3.05) is 5.32 Å². The van der Waals surface area contributed by atoms with E-state index < -0.39 is 6.04 Å². The van der Waals surface area contributed by atoms with E-state index in [0.717, 1.165) is 12.8 Å². The topological polar surface area (TPSA) is 88.2 Å². The second-order valence-electron chi connectivity index (χ2n) is 5.21. The molecule has 1 aromatic heterocycles. The van der Waals surface area contributed by atoms with Crippen molar-refractivity contribution in [1.82, 2.24) is 4.98 Å². The van der Waals surface area contributed by atoms with E-state index in [-0.39, 0.29) is 17.5 Å². The van der Waals surface area contributed by atoms with Crippen LogP contribution in [-0.4, -0.2) is 22.0 Å². The van der Waals surface area contributed by atoms with Crippen LogP contribution in [0.15, 0.2) is 18.3 Å². The lowest BCUT2D eigenvalue weighted by atomic mass is 9.85. The van der Waals surface area contributed by atoms with Crippen LogP contribution in [0.25, 0.3) is 0 Å². The number of pyridine rings is 1. The number of anilines is 1. The highest BCUT2D eigenvalue weighted by Gasteiger charge is 2.22. The Balaban J connectivity index is 1.87. The fourth-order valence-corrected chi connectivity index (χ4v) is 2.59. The van der Waals surface area contributed by atoms with E-state index in [0.29, 0.717) is 12.3 Å². The Bertz CT molecular complexity index is 430. The first-order valence-electron chi connectivity index (χ1n) is 6.87. The van der Waals surface area contributed by atoms with E-state index in [1.54, 1.807) is 6.07 Å². The van der Waals surface area contributed by atoms with Gasteiger partial charge in [-0.3, -0.25) is 4.79 Å². The molecule has 1 atom stereocenters. The van der Waals surface area contributed by atoms with Crippen LogP contribution in [0, 0.1) is 5.92 Å². The molecular formula is C14H21N3O2. The second-order valence-corrected chi connectivity index (χ2v) is 5.21. The van der Waals surface area contributed by atoms with E-state index in [2.05, 4.69) is 10.3 Å². The molecule has 1 heterocycles. The molecule has 0 aromatic carbocycles. The van der Waals surface area contributed by atoms with Crippen LogP contribution in [-0.2, 0) is 4.79 Å². The number of aromatic hydroxyl groups is 1. The van der Waals surface area contributed by atoms with Crippen molar-refractivity contribution in [2.45, 2.75) is 44.6 Å². The molecule has 1 unspecified atom stereocenters. The van der Waals surface area contributed by atoms with Gasteiger partial charge < -0.3 is 16.2 Å². The molecule has 1 aromatic rings. The Morgan fingerprint density at radius 3 is 2.89 bits per heavy atom. The molecule has 0 aliphatic heterocycles. The van der Waals surface area contributed by atoms with Gasteiger partial charge in [0.15, 0.2) is 11.6 Å². The molecule has 5 heteroatoms. The van der Waals surface area contributed by atoms with Gasteiger partial charge in [0, 0.05) is 6.20 Å². The number of aromatic nitrogens is 1. The maximum Gasteiger partial charge on any atom is 0.242 e. The highest BCUT2D eigenvalue weighted by Crippen LogP contribution is 2.27. The van der Waals surface area contributed by atoms with Gasteiger partial charge in [0.2, 0.25) is 5.91 Å². The van der Waals surface area contributed by atoms with Crippen molar-refractivity contribution in [3.8, 4) is 5.75 Å². The van der Waals surface area contributed by atoms with Crippen LogP contribution in [0.5, 0.6) is 5.75 Å². The standard InChI is InChI=1S/C14H21N3O2/c15-11(9-10-5-2-1-3-6-10)14(19)17-13-12(18)7-4-8-16-13/h4,7-8,10-11,18H,1-3,5-6,9,15H2,(H,16,17,19). The summed E-state index contributed by atoms with van der Waals surface area (Å²) >= 11 is 0. The molecule has 5 nitrogen and oxygen atoms in total. The number of hydrogen-bond acceptors (Lipinski definition) is 4. The summed E-state index contributed by atoms with van der Waals surface area (Å²) in [6.07, 6.45) is 8.31. The predicted octanol–water partition coefficient (Wildman–Crippen LogP) is 2.02. The first-order valence-corrected chi connectivity index (χ1v) is 6.87. The number of carbonyl (C=O) groups excluding carboxylic acids is 1. The Labute approximate surface area is 113 Å². The fraction of sp³-hybridized carbons (Fsp3) is 0.571. The van der Waals surface area contributed by atoms with Gasteiger partial charge in [-0.2, -0.15) is 0 Å². The molecule has 1 aliphatic rings. The summed E-state index contributed by atoms with van der Waals surface area (Å²) in [6.45, 7) is 0. The lowest BCUT2D eigenvalue weighted by molar-refractivity contribution is -0.117. The van der Waals surface area contributed by atoms with Crippen molar-refractivity contribution >= 4 is 11.7 Å². The number of hydrogen-bond donors (Lipinski definition) is 3. The summed E-state index contributed by atoms with van der Waals surface area (Å²) in [5.41, 5.74) is 5.92. The minimum atomic E-state index is -0.537. The van der Waals surface area contributed by atoms with Gasteiger partial charge in [0.1, 0.15) is 0 Å². The van der Waals surface area contributed by atoms with E-state index in [1.807, 2.05) is 0 Å². The third-order valence-corrected chi connectivity index (χ3v) is 3.68. The summed E-state index contributed by atoms with van der Waals surface area (Å²) in [5, 5.41) is 12.1. The van der Waals surface area contributed by atoms with E-state index >= 15 is 0 Å². The third kappa shape index (κ3) is 3.92. The summed E-state index contributed by atoms with van der Waals surface area (Å²) in [7, 11) is 0. The smallest absolute Gasteiger partial charge is 0.242 e. The molecule has 0 radical (unpaired) electrons. The zero-order valence-corrected chi connectivity index (χ0v) is 11.0. The predicted molar refractivity (Wildman–Crippen MR) is 73.7 cm³/mol. The van der Waals surface area contributed by atoms with Gasteiger partial charge in [0.25, 0.3) is 0 Å². The largest absolute Gasteiger partial charge is 0.504 e. The first kappa shape index (κ1) is 13.8. The zero-order chi connectivity index (χ0) is 13.7. The lowest BCUT2D eigenvalue weighted by Crippen LogP contribution is -2.37. The maximum atomic E-state index is 12.0. The SMILES string of the molecule is NC(CC1CCCCC1)C(=O)Nc1ncccc1O. The molecule has 0 spiro atoms. The van der Waals surface area contributed by atoms with Gasteiger partial charge >= 0.3 is 0 Å². The molecule has 104 valence electrons. The van der Waals surface area contributed by atoms with Crippen molar-refractivity contribution in [1.29, 1.82) is 0 Å². The molecule has 1 fully saturated rings. The number of nitrogens with two attached hydrogens (primary N) is 1. The molecule has 4 N–H and O–H groups in total. The number of carbonyl (C=O) groups is 1. The van der Waals surface area contributed by atoms with Gasteiger partial charge in [-0.05, 0) is 24.5 Å². The number of nitrogens with one attached hydrogen (secondary N) is 1. The molecule has 2 rings (SSSR count). The van der Waals surface area contributed by atoms with Crippen molar-refractivity contribution < 1.29 is 9.90 Å². The summed E-state index contributed by atoms with van der Waals surface area (Å²) in [5.74, 6) is 0.402. The van der Waals surface area contributed by atoms with Crippen LogP contribution >= 0.6 is 0 Å². The van der Waals surface area contributed by atoms with Crippen LogP contribution in [0.3, 0.4) is 0 Å². The highest BCUT2D eigenvalue weighted by molar-refractivity contribution is 5.94. The number of rotatable bonds is 4. The quantitative estimate of drug-likeness (QED) is 0.775. The molecule has 1 amide bonds. The van der Waals surface area contributed by atoms with E-state index in [4.69, 9.17) is 5.73 Å². The number of nitrogens with zero attached hydrogens (tertiary/aromatic N) is 1. The minimum absolute atomic E-state index is 0.0410. The van der Waals surface area contributed by atoms with E-state index in [9.17, 15) is 9.90 Å². The molecular weight excluding hydrogens is 242 g/mol. The average molecular weight is 263 g/mol. The lowest BCUT2D eigenvalue weighted by Gasteiger charge is -2.24. The van der Waals surface area contributed by atoms with Crippen LogP contribution < -0.4 is 11.1 Å². The van der Waals surface area contributed by atoms with Gasteiger partial charge in [-0.15, -0.1) is 0 Å². The Kier molecular flexibility index (Phi) is 4.74. The maximum absolute atomic E-state index is 12.0. The van der Waals surface area contributed by atoms with Crippen LogP contribution in [0.4, 0.5) is 5.82 Å². The highest BCUT2D eigenvalue weighted by atomic mass is 16.3. The average Bonchev–Trinajstić information content (AvgIpc) is 2.42. The Morgan fingerprint density at radius 2 is 2.21 bits per heavy atom. The van der Waals surface area contributed by atoms with Gasteiger partial charge in [-0.25, -0.2) is 4.98 Å². The summed E-state index contributed by atoms with van der Waals surface area (Å²) in [4.78, 5) is 15.9. The monoisotopic (exact) mass is 263 g/mol. The number of amides is 1. The van der Waals surface area contributed by atoms with Crippen molar-refractivity contribution in [2.24, 2.45) is 11.7 Å². The minimum Gasteiger partial charge on any atom is -0.504 e. The Hall–Kier alpha value is -1.62. The van der Waals surface area contributed by atoms with Gasteiger partial charge in [-0.1, -0.05) is 32.1 Å². The molecule has 0 bridgehead atoms. The molecule has 19 heavy (non-hydrogen) atoms. The van der Waals surface area contributed by atoms with Crippen LogP contribution in [0.1, 0.15) is 38.5 Å². The molecule has 1 saturated carbocycles. The normalized spacial score (nSPS) is 17.9. The van der Waals surface area contributed by atoms with Crippen LogP contribution in [0.2, 0.25) is 0 Å².